The standard InChI is InChI=1S/C17H26O3/c1-3-14(18)15(16(19)20-4-2)17-8-11-5-12(9-17)7-13(6-11)10-17/h11-13,15H,3-10H2,1-2H3/t11?,12?,13?,15-,17?/m1/s1. The number of carbonyl (C=O) groups is 2. The molecule has 4 fully saturated rings. The number of carbonyl (C=O) groups excluding carboxylic acids is 2. The molecule has 0 aliphatic heterocycles. The molecule has 112 valence electrons. The fourth-order valence-corrected chi connectivity index (χ4v) is 5.68. The Hall–Kier alpha value is -0.860. The quantitative estimate of drug-likeness (QED) is 0.572. The van der Waals surface area contributed by atoms with Crippen molar-refractivity contribution in [3.63, 3.8) is 0 Å². The molecule has 3 heteroatoms. The van der Waals surface area contributed by atoms with Crippen LogP contribution in [-0.2, 0) is 14.3 Å². The van der Waals surface area contributed by atoms with Crippen LogP contribution in [0.15, 0.2) is 0 Å². The molecule has 0 aromatic carbocycles. The maximum Gasteiger partial charge on any atom is 0.317 e. The molecule has 0 N–H and O–H groups in total. The van der Waals surface area contributed by atoms with Gasteiger partial charge in [0.15, 0.2) is 0 Å². The van der Waals surface area contributed by atoms with Crippen molar-refractivity contribution in [3.05, 3.63) is 0 Å². The van der Waals surface area contributed by atoms with E-state index in [0.29, 0.717) is 13.0 Å². The van der Waals surface area contributed by atoms with Gasteiger partial charge >= 0.3 is 5.97 Å². The first-order valence-electron chi connectivity index (χ1n) is 8.27. The van der Waals surface area contributed by atoms with Crippen LogP contribution in [0.4, 0.5) is 0 Å². The summed E-state index contributed by atoms with van der Waals surface area (Å²) in [6.45, 7) is 4.07. The Morgan fingerprint density at radius 2 is 1.55 bits per heavy atom. The van der Waals surface area contributed by atoms with Crippen LogP contribution in [0.2, 0.25) is 0 Å². The van der Waals surface area contributed by atoms with Gasteiger partial charge in [0.2, 0.25) is 0 Å². The van der Waals surface area contributed by atoms with Crippen LogP contribution in [0.3, 0.4) is 0 Å². The monoisotopic (exact) mass is 278 g/mol. The van der Waals surface area contributed by atoms with E-state index >= 15 is 0 Å². The number of hydrogen-bond donors (Lipinski definition) is 0. The molecule has 0 unspecified atom stereocenters. The first-order valence-corrected chi connectivity index (χ1v) is 8.27. The zero-order valence-electron chi connectivity index (χ0n) is 12.7. The molecule has 4 rings (SSSR count). The van der Waals surface area contributed by atoms with Crippen LogP contribution in [0.1, 0.15) is 58.8 Å². The summed E-state index contributed by atoms with van der Waals surface area (Å²) < 4.78 is 5.26. The predicted octanol–water partition coefficient (Wildman–Crippen LogP) is 3.36. The van der Waals surface area contributed by atoms with Gasteiger partial charge in [-0.2, -0.15) is 0 Å². The molecule has 0 saturated heterocycles. The second-order valence-electron chi connectivity index (χ2n) is 7.28. The topological polar surface area (TPSA) is 43.4 Å². The van der Waals surface area contributed by atoms with E-state index in [1.807, 2.05) is 13.8 Å². The van der Waals surface area contributed by atoms with E-state index in [0.717, 1.165) is 37.0 Å². The molecule has 4 bridgehead atoms. The van der Waals surface area contributed by atoms with E-state index in [-0.39, 0.29) is 17.2 Å². The van der Waals surface area contributed by atoms with Gasteiger partial charge in [0.05, 0.1) is 6.61 Å². The number of esters is 1. The summed E-state index contributed by atoms with van der Waals surface area (Å²) in [4.78, 5) is 24.9. The van der Waals surface area contributed by atoms with Crippen LogP contribution >= 0.6 is 0 Å². The van der Waals surface area contributed by atoms with Gasteiger partial charge in [-0.25, -0.2) is 0 Å². The van der Waals surface area contributed by atoms with E-state index < -0.39 is 5.92 Å². The Balaban J connectivity index is 1.90. The van der Waals surface area contributed by atoms with Gasteiger partial charge in [0, 0.05) is 6.42 Å². The van der Waals surface area contributed by atoms with E-state index in [9.17, 15) is 9.59 Å². The van der Waals surface area contributed by atoms with Gasteiger partial charge in [-0.3, -0.25) is 9.59 Å². The molecule has 0 aromatic heterocycles. The van der Waals surface area contributed by atoms with E-state index in [1.165, 1.54) is 19.3 Å². The van der Waals surface area contributed by atoms with Crippen LogP contribution in [0, 0.1) is 29.1 Å². The van der Waals surface area contributed by atoms with Gasteiger partial charge in [0.25, 0.3) is 0 Å². The van der Waals surface area contributed by atoms with Gasteiger partial charge in [-0.15, -0.1) is 0 Å². The first kappa shape index (κ1) is 14.1. The lowest BCUT2D eigenvalue weighted by molar-refractivity contribution is -0.168. The first-order chi connectivity index (χ1) is 9.58. The van der Waals surface area contributed by atoms with Crippen molar-refractivity contribution >= 4 is 11.8 Å². The van der Waals surface area contributed by atoms with Gasteiger partial charge in [0.1, 0.15) is 11.7 Å². The summed E-state index contributed by atoms with van der Waals surface area (Å²) in [5.41, 5.74) is -0.0614. The van der Waals surface area contributed by atoms with Gasteiger partial charge in [-0.05, 0) is 68.6 Å². The van der Waals surface area contributed by atoms with Crippen LogP contribution < -0.4 is 0 Å². The Bertz CT molecular complexity index is 377. The molecule has 4 aliphatic rings. The molecule has 1 atom stereocenters. The summed E-state index contributed by atoms with van der Waals surface area (Å²) in [7, 11) is 0. The summed E-state index contributed by atoms with van der Waals surface area (Å²) in [5.74, 6) is 1.63. The lowest BCUT2D eigenvalue weighted by atomic mass is 9.46. The summed E-state index contributed by atoms with van der Waals surface area (Å²) >= 11 is 0. The van der Waals surface area contributed by atoms with Gasteiger partial charge in [-0.1, -0.05) is 6.92 Å². The minimum atomic E-state index is -0.485. The number of ether oxygens (including phenoxy) is 1. The molecule has 4 aliphatic carbocycles. The van der Waals surface area contributed by atoms with Crippen molar-refractivity contribution in [3.8, 4) is 0 Å². The van der Waals surface area contributed by atoms with Gasteiger partial charge < -0.3 is 4.74 Å². The summed E-state index contributed by atoms with van der Waals surface area (Å²) in [6, 6.07) is 0. The Labute approximate surface area is 121 Å². The zero-order valence-corrected chi connectivity index (χ0v) is 12.7. The minimum absolute atomic E-state index is 0.0614. The second kappa shape index (κ2) is 5.16. The third-order valence-electron chi connectivity index (χ3n) is 5.89. The van der Waals surface area contributed by atoms with Crippen molar-refractivity contribution in [2.24, 2.45) is 29.1 Å². The smallest absolute Gasteiger partial charge is 0.317 e. The Morgan fingerprint density at radius 3 is 1.95 bits per heavy atom. The summed E-state index contributed by atoms with van der Waals surface area (Å²) in [5, 5.41) is 0. The molecular formula is C17H26O3. The van der Waals surface area contributed by atoms with Crippen molar-refractivity contribution in [1.29, 1.82) is 0 Å². The molecule has 0 aromatic rings. The van der Waals surface area contributed by atoms with E-state index in [1.54, 1.807) is 0 Å². The average molecular weight is 278 g/mol. The van der Waals surface area contributed by atoms with Crippen LogP contribution in [-0.4, -0.2) is 18.4 Å². The predicted molar refractivity (Wildman–Crippen MR) is 76.0 cm³/mol. The van der Waals surface area contributed by atoms with Crippen molar-refractivity contribution in [2.75, 3.05) is 6.61 Å². The highest BCUT2D eigenvalue weighted by Crippen LogP contribution is 2.63. The Kier molecular flexibility index (Phi) is 3.64. The van der Waals surface area contributed by atoms with Crippen LogP contribution in [0.5, 0.6) is 0 Å². The molecule has 0 amide bonds. The molecule has 4 saturated carbocycles. The summed E-state index contributed by atoms with van der Waals surface area (Å²) in [6.07, 6.45) is 7.67. The van der Waals surface area contributed by atoms with Crippen molar-refractivity contribution < 1.29 is 14.3 Å². The molecule has 20 heavy (non-hydrogen) atoms. The normalized spacial score (nSPS) is 39.6. The maximum atomic E-state index is 12.4. The number of rotatable bonds is 5. The third kappa shape index (κ3) is 2.19. The number of Topliss-reactive ketones (excluding diaryl/α,β-unsaturated/α-hetero) is 1. The minimum Gasteiger partial charge on any atom is -0.465 e. The number of ketones is 1. The molecular weight excluding hydrogens is 252 g/mol. The van der Waals surface area contributed by atoms with E-state index in [4.69, 9.17) is 4.74 Å². The van der Waals surface area contributed by atoms with Crippen molar-refractivity contribution in [2.45, 2.75) is 58.8 Å². The fourth-order valence-electron chi connectivity index (χ4n) is 5.68. The average Bonchev–Trinajstić information content (AvgIpc) is 2.36. The molecule has 0 spiro atoms. The molecule has 0 radical (unpaired) electrons. The highest BCUT2D eigenvalue weighted by Gasteiger charge is 2.57. The van der Waals surface area contributed by atoms with E-state index in [2.05, 4.69) is 0 Å². The number of hydrogen-bond acceptors (Lipinski definition) is 3. The SMILES string of the molecule is CCOC(=O)[C@@H](C(=O)CC)C12CC3CC(CC(C3)C1)C2. The second-order valence-corrected chi connectivity index (χ2v) is 7.28. The lowest BCUT2D eigenvalue weighted by Crippen LogP contribution is -2.53. The Morgan fingerprint density at radius 1 is 1.05 bits per heavy atom. The highest BCUT2D eigenvalue weighted by molar-refractivity contribution is 5.99. The van der Waals surface area contributed by atoms with Crippen molar-refractivity contribution in [1.82, 2.24) is 0 Å². The maximum absolute atomic E-state index is 12.4. The third-order valence-corrected chi connectivity index (χ3v) is 5.89. The zero-order chi connectivity index (χ0) is 14.3. The lowest BCUT2D eigenvalue weighted by Gasteiger charge is -2.58. The highest BCUT2D eigenvalue weighted by atomic mass is 16.5. The molecule has 3 nitrogen and oxygen atoms in total. The van der Waals surface area contributed by atoms with Crippen LogP contribution in [0.25, 0.3) is 0 Å². The largest absolute Gasteiger partial charge is 0.465 e. The molecule has 0 heterocycles. The fraction of sp³-hybridized carbons (Fsp3) is 0.882.